The molecular weight excluding hydrogens is 398 g/mol. The third-order valence-electron chi connectivity index (χ3n) is 3.70. The molecule has 0 saturated heterocycles. The first-order valence-corrected chi connectivity index (χ1v) is 9.02. The van der Waals surface area contributed by atoms with Crippen LogP contribution in [-0.2, 0) is 0 Å². The van der Waals surface area contributed by atoms with Gasteiger partial charge in [-0.3, -0.25) is 0 Å². The standard InChI is InChI=1S/C19H18ClN5O2S/c1-26-14-7-8-15(16(11-14)27-2)23-19(28)22-13-5-3-12(4-6-13)21-18-10-9-17(20)24-25-18/h3-11H,1-2H3,(H,21,25)(H2,22,23,28). The van der Waals surface area contributed by atoms with Crippen LogP contribution in [0.15, 0.2) is 54.6 Å². The van der Waals surface area contributed by atoms with Crippen molar-refractivity contribution < 1.29 is 9.47 Å². The quantitative estimate of drug-likeness (QED) is 0.500. The number of nitrogens with zero attached hydrogens (tertiary/aromatic N) is 2. The Hall–Kier alpha value is -3.10. The van der Waals surface area contributed by atoms with Gasteiger partial charge >= 0.3 is 0 Å². The Morgan fingerprint density at radius 2 is 1.64 bits per heavy atom. The number of methoxy groups -OCH3 is 2. The smallest absolute Gasteiger partial charge is 0.175 e. The molecule has 0 spiro atoms. The van der Waals surface area contributed by atoms with Gasteiger partial charge in [0.25, 0.3) is 0 Å². The summed E-state index contributed by atoms with van der Waals surface area (Å²) in [6.45, 7) is 0. The van der Waals surface area contributed by atoms with Crippen LogP contribution in [0, 0.1) is 0 Å². The van der Waals surface area contributed by atoms with Crippen molar-refractivity contribution in [1.82, 2.24) is 10.2 Å². The molecule has 3 aromatic rings. The largest absolute Gasteiger partial charge is 0.497 e. The molecule has 0 saturated carbocycles. The van der Waals surface area contributed by atoms with E-state index in [9.17, 15) is 0 Å². The van der Waals surface area contributed by atoms with Crippen molar-refractivity contribution in [3.63, 3.8) is 0 Å². The molecule has 2 aromatic carbocycles. The zero-order valence-corrected chi connectivity index (χ0v) is 16.8. The van der Waals surface area contributed by atoms with Crippen molar-refractivity contribution in [2.45, 2.75) is 0 Å². The minimum Gasteiger partial charge on any atom is -0.497 e. The summed E-state index contributed by atoms with van der Waals surface area (Å²) >= 11 is 11.1. The summed E-state index contributed by atoms with van der Waals surface area (Å²) in [6, 6.07) is 16.5. The van der Waals surface area contributed by atoms with Crippen LogP contribution >= 0.6 is 23.8 Å². The molecule has 7 nitrogen and oxygen atoms in total. The normalized spacial score (nSPS) is 10.1. The summed E-state index contributed by atoms with van der Waals surface area (Å²) < 4.78 is 10.6. The topological polar surface area (TPSA) is 80.3 Å². The van der Waals surface area contributed by atoms with E-state index in [2.05, 4.69) is 26.1 Å². The second-order valence-corrected chi connectivity index (χ2v) is 6.38. The highest BCUT2D eigenvalue weighted by molar-refractivity contribution is 7.80. The number of nitrogens with one attached hydrogen (secondary N) is 3. The summed E-state index contributed by atoms with van der Waals surface area (Å²) in [5.41, 5.74) is 2.43. The Morgan fingerprint density at radius 3 is 2.29 bits per heavy atom. The fourth-order valence-corrected chi connectivity index (χ4v) is 2.68. The van der Waals surface area contributed by atoms with Crippen LogP contribution in [0.5, 0.6) is 11.5 Å². The third kappa shape index (κ3) is 5.21. The van der Waals surface area contributed by atoms with Gasteiger partial charge in [0.15, 0.2) is 16.1 Å². The Labute approximate surface area is 173 Å². The zero-order valence-electron chi connectivity index (χ0n) is 15.2. The van der Waals surface area contributed by atoms with Gasteiger partial charge in [-0.2, -0.15) is 0 Å². The van der Waals surface area contributed by atoms with Crippen LogP contribution in [0.3, 0.4) is 0 Å². The number of anilines is 4. The lowest BCUT2D eigenvalue weighted by molar-refractivity contribution is 0.395. The summed E-state index contributed by atoms with van der Waals surface area (Å²) in [5, 5.41) is 17.9. The third-order valence-corrected chi connectivity index (χ3v) is 4.11. The highest BCUT2D eigenvalue weighted by Gasteiger charge is 2.07. The number of aromatic nitrogens is 2. The van der Waals surface area contributed by atoms with Crippen LogP contribution in [0.25, 0.3) is 0 Å². The number of hydrogen-bond donors (Lipinski definition) is 3. The van der Waals surface area contributed by atoms with Gasteiger partial charge in [0.2, 0.25) is 0 Å². The van der Waals surface area contributed by atoms with E-state index in [0.717, 1.165) is 17.1 Å². The van der Waals surface area contributed by atoms with Crippen LogP contribution in [0.4, 0.5) is 22.9 Å². The van der Waals surface area contributed by atoms with Crippen molar-refractivity contribution in [3.05, 3.63) is 59.8 Å². The Morgan fingerprint density at radius 1 is 0.893 bits per heavy atom. The fourth-order valence-electron chi connectivity index (χ4n) is 2.35. The second-order valence-electron chi connectivity index (χ2n) is 5.59. The van der Waals surface area contributed by atoms with Crippen molar-refractivity contribution in [2.75, 3.05) is 30.2 Å². The van der Waals surface area contributed by atoms with E-state index in [0.29, 0.717) is 27.6 Å². The molecule has 28 heavy (non-hydrogen) atoms. The molecule has 0 amide bonds. The van der Waals surface area contributed by atoms with E-state index in [1.807, 2.05) is 36.4 Å². The molecule has 0 aliphatic rings. The molecular formula is C19H18ClN5O2S. The number of halogens is 1. The monoisotopic (exact) mass is 415 g/mol. The maximum absolute atomic E-state index is 5.73. The van der Waals surface area contributed by atoms with Crippen molar-refractivity contribution in [3.8, 4) is 11.5 Å². The van der Waals surface area contributed by atoms with Gasteiger partial charge in [-0.05, 0) is 60.7 Å². The van der Waals surface area contributed by atoms with Gasteiger partial charge in [-0.1, -0.05) is 11.6 Å². The lowest BCUT2D eigenvalue weighted by Crippen LogP contribution is -2.19. The molecule has 0 bridgehead atoms. The summed E-state index contributed by atoms with van der Waals surface area (Å²) in [6.07, 6.45) is 0. The predicted molar refractivity (Wildman–Crippen MR) is 116 cm³/mol. The first-order valence-electron chi connectivity index (χ1n) is 8.24. The SMILES string of the molecule is COc1ccc(NC(=S)Nc2ccc(Nc3ccc(Cl)nn3)cc2)c(OC)c1. The van der Waals surface area contributed by atoms with Gasteiger partial charge in [-0.25, -0.2) is 0 Å². The fraction of sp³-hybridized carbons (Fsp3) is 0.105. The van der Waals surface area contributed by atoms with E-state index >= 15 is 0 Å². The van der Waals surface area contributed by atoms with Gasteiger partial charge in [-0.15, -0.1) is 10.2 Å². The van der Waals surface area contributed by atoms with E-state index in [-0.39, 0.29) is 0 Å². The lowest BCUT2D eigenvalue weighted by Gasteiger charge is -2.14. The maximum atomic E-state index is 5.73. The number of rotatable bonds is 6. The van der Waals surface area contributed by atoms with E-state index in [4.69, 9.17) is 33.3 Å². The molecule has 0 fully saturated rings. The predicted octanol–water partition coefficient (Wildman–Crippen LogP) is 4.70. The average molecular weight is 416 g/mol. The summed E-state index contributed by atoms with van der Waals surface area (Å²) in [5.74, 6) is 1.94. The molecule has 3 rings (SSSR count). The average Bonchev–Trinajstić information content (AvgIpc) is 2.71. The number of ether oxygens (including phenoxy) is 2. The van der Waals surface area contributed by atoms with Crippen molar-refractivity contribution >= 4 is 51.8 Å². The van der Waals surface area contributed by atoms with E-state index < -0.39 is 0 Å². The van der Waals surface area contributed by atoms with E-state index in [1.54, 1.807) is 32.4 Å². The van der Waals surface area contributed by atoms with Gasteiger partial charge in [0.05, 0.1) is 19.9 Å². The zero-order chi connectivity index (χ0) is 19.9. The second kappa shape index (κ2) is 9.20. The molecule has 0 aliphatic heterocycles. The van der Waals surface area contributed by atoms with Gasteiger partial charge < -0.3 is 25.4 Å². The number of benzene rings is 2. The van der Waals surface area contributed by atoms with Crippen LogP contribution in [0.1, 0.15) is 0 Å². The van der Waals surface area contributed by atoms with Gasteiger partial charge in [0, 0.05) is 17.4 Å². The molecule has 0 unspecified atom stereocenters. The molecule has 144 valence electrons. The van der Waals surface area contributed by atoms with Gasteiger partial charge in [0.1, 0.15) is 11.5 Å². The lowest BCUT2D eigenvalue weighted by atomic mass is 10.2. The summed E-state index contributed by atoms with van der Waals surface area (Å²) in [4.78, 5) is 0. The molecule has 9 heteroatoms. The Kier molecular flexibility index (Phi) is 6.46. The van der Waals surface area contributed by atoms with E-state index in [1.165, 1.54) is 0 Å². The maximum Gasteiger partial charge on any atom is 0.175 e. The van der Waals surface area contributed by atoms with Crippen LogP contribution < -0.4 is 25.4 Å². The van der Waals surface area contributed by atoms with Crippen molar-refractivity contribution in [2.24, 2.45) is 0 Å². The first kappa shape index (κ1) is 19.7. The minimum atomic E-state index is 0.347. The molecule has 1 heterocycles. The molecule has 0 aliphatic carbocycles. The van der Waals surface area contributed by atoms with Crippen molar-refractivity contribution in [1.29, 1.82) is 0 Å². The molecule has 0 radical (unpaired) electrons. The Bertz CT molecular complexity index is 952. The van der Waals surface area contributed by atoms with Crippen LogP contribution in [-0.4, -0.2) is 29.5 Å². The molecule has 0 atom stereocenters. The highest BCUT2D eigenvalue weighted by atomic mass is 35.5. The Balaban J connectivity index is 1.60. The number of thiocarbonyl (C=S) groups is 1. The molecule has 1 aromatic heterocycles. The first-order chi connectivity index (χ1) is 13.6. The molecule has 3 N–H and O–H groups in total. The number of hydrogen-bond acceptors (Lipinski definition) is 6. The van der Waals surface area contributed by atoms with Crippen LogP contribution in [0.2, 0.25) is 5.15 Å². The summed E-state index contributed by atoms with van der Waals surface area (Å²) in [7, 11) is 3.19. The minimum absolute atomic E-state index is 0.347. The highest BCUT2D eigenvalue weighted by Crippen LogP contribution is 2.29.